The van der Waals surface area contributed by atoms with Crippen molar-refractivity contribution in [3.63, 3.8) is 0 Å². The van der Waals surface area contributed by atoms with Gasteiger partial charge in [0.25, 0.3) is 0 Å². The second-order valence-corrected chi connectivity index (χ2v) is 9.11. The Morgan fingerprint density at radius 1 is 1.33 bits per heavy atom. The summed E-state index contributed by atoms with van der Waals surface area (Å²) in [7, 11) is 0. The van der Waals surface area contributed by atoms with Crippen LogP contribution < -0.4 is 10.6 Å². The average molecular weight is 434 g/mol. The zero-order chi connectivity index (χ0) is 21.9. The van der Waals surface area contributed by atoms with E-state index >= 15 is 0 Å². The minimum atomic E-state index is -0.394. The maximum atomic E-state index is 12.3. The number of H-pyrrole nitrogens is 1. The molecule has 30 heavy (non-hydrogen) atoms. The highest BCUT2D eigenvalue weighted by molar-refractivity contribution is 6.32. The molecule has 2 atom stereocenters. The number of nitrogens with zero attached hydrogens (tertiary/aromatic N) is 2. The van der Waals surface area contributed by atoms with Crippen molar-refractivity contribution in [3.05, 3.63) is 40.3 Å². The molecular weight excluding hydrogens is 406 g/mol. The number of aryl methyl sites for hydroxylation is 1. The first-order valence-electron chi connectivity index (χ1n) is 10.0. The Bertz CT molecular complexity index is 922. The molecule has 0 aromatic carbocycles. The van der Waals surface area contributed by atoms with Crippen molar-refractivity contribution in [2.24, 2.45) is 0 Å². The normalized spacial score (nSPS) is 18.8. The molecule has 0 bridgehead atoms. The molecule has 162 valence electrons. The van der Waals surface area contributed by atoms with E-state index in [-0.39, 0.29) is 29.9 Å². The zero-order valence-corrected chi connectivity index (χ0v) is 18.5. The van der Waals surface area contributed by atoms with Crippen LogP contribution >= 0.6 is 11.6 Å². The monoisotopic (exact) mass is 433 g/mol. The molecule has 2 amide bonds. The van der Waals surface area contributed by atoms with Gasteiger partial charge in [-0.15, -0.1) is 0 Å². The van der Waals surface area contributed by atoms with Crippen LogP contribution in [0.5, 0.6) is 0 Å². The molecule has 0 spiro atoms. The first kappa shape index (κ1) is 22.1. The number of aromatic nitrogens is 3. The van der Waals surface area contributed by atoms with Crippen LogP contribution in [0.25, 0.3) is 0 Å². The number of amides is 2. The lowest BCUT2D eigenvalue weighted by Gasteiger charge is -2.22. The SMILES string of the molecule is Cc1ccnc(CC(=O)Nc2cc(C3CCC(OC(=O)NC(C)(C)C)C3)[nH]n2)c1Cl. The third-order valence-electron chi connectivity index (χ3n) is 4.92. The van der Waals surface area contributed by atoms with Crippen LogP contribution in [0.2, 0.25) is 5.02 Å². The number of pyridine rings is 1. The molecule has 3 N–H and O–H groups in total. The van der Waals surface area contributed by atoms with Crippen molar-refractivity contribution < 1.29 is 14.3 Å². The minimum Gasteiger partial charge on any atom is -0.446 e. The molecule has 2 aromatic rings. The van der Waals surface area contributed by atoms with Gasteiger partial charge in [0.2, 0.25) is 5.91 Å². The summed E-state index contributed by atoms with van der Waals surface area (Å²) >= 11 is 6.21. The van der Waals surface area contributed by atoms with Gasteiger partial charge in [-0.1, -0.05) is 11.6 Å². The maximum Gasteiger partial charge on any atom is 0.407 e. The van der Waals surface area contributed by atoms with Gasteiger partial charge in [0.15, 0.2) is 5.82 Å². The van der Waals surface area contributed by atoms with Crippen LogP contribution in [-0.2, 0) is 16.0 Å². The summed E-state index contributed by atoms with van der Waals surface area (Å²) in [6, 6.07) is 3.63. The van der Waals surface area contributed by atoms with Crippen molar-refractivity contribution in [2.75, 3.05) is 5.32 Å². The van der Waals surface area contributed by atoms with E-state index in [4.69, 9.17) is 16.3 Å². The third-order valence-corrected chi connectivity index (χ3v) is 5.44. The summed E-state index contributed by atoms with van der Waals surface area (Å²) in [4.78, 5) is 28.5. The van der Waals surface area contributed by atoms with E-state index in [1.165, 1.54) is 0 Å². The second kappa shape index (κ2) is 9.04. The van der Waals surface area contributed by atoms with Crippen molar-refractivity contribution in [2.45, 2.75) is 70.9 Å². The van der Waals surface area contributed by atoms with Gasteiger partial charge >= 0.3 is 6.09 Å². The first-order valence-corrected chi connectivity index (χ1v) is 10.4. The smallest absolute Gasteiger partial charge is 0.407 e. The van der Waals surface area contributed by atoms with Crippen LogP contribution in [0.1, 0.15) is 62.9 Å². The Hall–Kier alpha value is -2.61. The lowest BCUT2D eigenvalue weighted by Crippen LogP contribution is -2.42. The lowest BCUT2D eigenvalue weighted by atomic mass is 10.0. The van der Waals surface area contributed by atoms with E-state index in [2.05, 4.69) is 25.8 Å². The van der Waals surface area contributed by atoms with Gasteiger partial charge in [0.1, 0.15) is 6.10 Å². The summed E-state index contributed by atoms with van der Waals surface area (Å²) in [6.45, 7) is 7.61. The highest BCUT2D eigenvalue weighted by atomic mass is 35.5. The number of alkyl carbamates (subject to hydrolysis) is 1. The number of rotatable bonds is 5. The number of nitrogens with one attached hydrogen (secondary N) is 3. The molecule has 1 fully saturated rings. The number of aromatic amines is 1. The molecular formula is C21H28ClN5O3. The van der Waals surface area contributed by atoms with Crippen LogP contribution in [0.4, 0.5) is 10.6 Å². The van der Waals surface area contributed by atoms with Crippen LogP contribution in [0.3, 0.4) is 0 Å². The van der Waals surface area contributed by atoms with Crippen LogP contribution in [0, 0.1) is 6.92 Å². The van der Waals surface area contributed by atoms with Gasteiger partial charge in [0, 0.05) is 29.4 Å². The summed E-state index contributed by atoms with van der Waals surface area (Å²) < 4.78 is 5.52. The standard InChI is InChI=1S/C21H28ClN5O3/c1-12-7-8-23-16(19(12)22)11-18(28)24-17-10-15(26-27-17)13-5-6-14(9-13)30-20(29)25-21(2,3)4/h7-8,10,13-14H,5-6,9,11H2,1-4H3,(H,25,29)(H2,24,26,27,28). The summed E-state index contributed by atoms with van der Waals surface area (Å²) in [5.41, 5.74) is 2.00. The van der Waals surface area contributed by atoms with Crippen LogP contribution in [-0.4, -0.2) is 38.8 Å². The number of halogens is 1. The second-order valence-electron chi connectivity index (χ2n) is 8.73. The number of carbonyl (C=O) groups excluding carboxylic acids is 2. The van der Waals surface area contributed by atoms with Gasteiger partial charge in [-0.25, -0.2) is 4.79 Å². The van der Waals surface area contributed by atoms with Crippen LogP contribution in [0.15, 0.2) is 18.3 Å². The summed E-state index contributed by atoms with van der Waals surface area (Å²) in [5.74, 6) is 0.414. The fraction of sp³-hybridized carbons (Fsp3) is 0.524. The molecule has 8 nitrogen and oxygen atoms in total. The molecule has 0 radical (unpaired) electrons. The Balaban J connectivity index is 1.52. The lowest BCUT2D eigenvalue weighted by molar-refractivity contribution is -0.115. The van der Waals surface area contributed by atoms with Gasteiger partial charge in [-0.05, 0) is 58.6 Å². The molecule has 1 saturated carbocycles. The summed E-state index contributed by atoms with van der Waals surface area (Å²) in [6.07, 6.45) is 3.58. The van der Waals surface area contributed by atoms with E-state index in [9.17, 15) is 9.59 Å². The van der Waals surface area contributed by atoms with E-state index < -0.39 is 6.09 Å². The Morgan fingerprint density at radius 3 is 2.83 bits per heavy atom. The number of hydrogen-bond acceptors (Lipinski definition) is 5. The van der Waals surface area contributed by atoms with E-state index in [1.54, 1.807) is 12.3 Å². The van der Waals surface area contributed by atoms with Crippen molar-refractivity contribution in [1.29, 1.82) is 0 Å². The molecule has 1 aliphatic carbocycles. The van der Waals surface area contributed by atoms with Gasteiger partial charge in [0.05, 0.1) is 17.1 Å². The topological polar surface area (TPSA) is 109 Å². The quantitative estimate of drug-likeness (QED) is 0.657. The average Bonchev–Trinajstić information content (AvgIpc) is 3.26. The fourth-order valence-electron chi connectivity index (χ4n) is 3.49. The van der Waals surface area contributed by atoms with Gasteiger partial charge in [-0.3, -0.25) is 14.9 Å². The van der Waals surface area contributed by atoms with E-state index in [1.807, 2.05) is 33.8 Å². The predicted octanol–water partition coefficient (Wildman–Crippen LogP) is 4.11. The molecule has 2 heterocycles. The maximum absolute atomic E-state index is 12.3. The third kappa shape index (κ3) is 5.95. The molecule has 1 aliphatic rings. The van der Waals surface area contributed by atoms with E-state index in [0.717, 1.165) is 30.5 Å². The number of ether oxygens (including phenoxy) is 1. The predicted molar refractivity (Wildman–Crippen MR) is 115 cm³/mol. The van der Waals surface area contributed by atoms with E-state index in [0.29, 0.717) is 16.5 Å². The molecule has 2 aromatic heterocycles. The minimum absolute atomic E-state index is 0.0743. The van der Waals surface area contributed by atoms with Gasteiger partial charge in [-0.2, -0.15) is 5.10 Å². The Kier molecular flexibility index (Phi) is 6.65. The molecule has 9 heteroatoms. The molecule has 0 saturated heterocycles. The Labute approximate surface area is 181 Å². The molecule has 2 unspecified atom stereocenters. The number of carbonyl (C=O) groups is 2. The fourth-order valence-corrected chi connectivity index (χ4v) is 3.66. The highest BCUT2D eigenvalue weighted by Crippen LogP contribution is 2.36. The number of hydrogen-bond donors (Lipinski definition) is 3. The van der Waals surface area contributed by atoms with Crippen molar-refractivity contribution in [1.82, 2.24) is 20.5 Å². The Morgan fingerprint density at radius 2 is 2.10 bits per heavy atom. The first-order chi connectivity index (χ1) is 14.1. The van der Waals surface area contributed by atoms with Crippen molar-refractivity contribution in [3.8, 4) is 0 Å². The number of anilines is 1. The zero-order valence-electron chi connectivity index (χ0n) is 17.7. The summed E-state index contributed by atoms with van der Waals surface area (Å²) in [5, 5.41) is 13.3. The van der Waals surface area contributed by atoms with Gasteiger partial charge < -0.3 is 15.4 Å². The largest absolute Gasteiger partial charge is 0.446 e. The highest BCUT2D eigenvalue weighted by Gasteiger charge is 2.30. The molecule has 0 aliphatic heterocycles. The molecule has 3 rings (SSSR count). The van der Waals surface area contributed by atoms with Crippen molar-refractivity contribution >= 4 is 29.4 Å².